The maximum absolute atomic E-state index is 9.31. The Morgan fingerprint density at radius 3 is 2.73 bits per heavy atom. The second kappa shape index (κ2) is 4.19. The summed E-state index contributed by atoms with van der Waals surface area (Å²) in [4.78, 5) is 4.04. The quantitative estimate of drug-likeness (QED) is 0.852. The third-order valence-corrected chi connectivity index (χ3v) is 3.68. The van der Waals surface area contributed by atoms with E-state index in [1.165, 1.54) is 16.9 Å². The molecule has 2 rings (SSSR count). The highest BCUT2D eigenvalue weighted by Gasteiger charge is 2.09. The van der Waals surface area contributed by atoms with Gasteiger partial charge in [-0.2, -0.15) is 0 Å². The summed E-state index contributed by atoms with van der Waals surface area (Å²) in [5.41, 5.74) is 2.25. The molecule has 0 spiro atoms. The van der Waals surface area contributed by atoms with Gasteiger partial charge in [0.25, 0.3) is 5.19 Å². The van der Waals surface area contributed by atoms with E-state index in [0.717, 1.165) is 23.1 Å². The lowest BCUT2D eigenvalue weighted by molar-refractivity contribution is 0.472. The van der Waals surface area contributed by atoms with E-state index in [1.54, 1.807) is 0 Å². The Bertz CT molecular complexity index is 460. The maximum atomic E-state index is 9.31. The molecule has 0 radical (unpaired) electrons. The first-order valence-electron chi connectivity index (χ1n) is 5.34. The van der Waals surface area contributed by atoms with Crippen LogP contribution in [0.4, 0.5) is 0 Å². The molecular weight excluding hydrogens is 206 g/mol. The van der Waals surface area contributed by atoms with Gasteiger partial charge in [-0.25, -0.2) is 4.98 Å². The number of benzene rings is 1. The van der Waals surface area contributed by atoms with Gasteiger partial charge in [0.15, 0.2) is 0 Å². The van der Waals surface area contributed by atoms with Crippen molar-refractivity contribution in [3.05, 3.63) is 23.8 Å². The second-order valence-corrected chi connectivity index (χ2v) is 4.75. The Morgan fingerprint density at radius 1 is 1.33 bits per heavy atom. The van der Waals surface area contributed by atoms with Crippen LogP contribution in [0, 0.1) is 0 Å². The van der Waals surface area contributed by atoms with Gasteiger partial charge in [0.2, 0.25) is 0 Å². The van der Waals surface area contributed by atoms with Crippen LogP contribution in [0.1, 0.15) is 38.2 Å². The molecule has 1 heterocycles. The average Bonchev–Trinajstić information content (AvgIpc) is 2.59. The Kier molecular flexibility index (Phi) is 2.91. The Hall–Kier alpha value is -1.09. The monoisotopic (exact) mass is 221 g/mol. The molecule has 0 aliphatic carbocycles. The van der Waals surface area contributed by atoms with E-state index in [-0.39, 0.29) is 5.19 Å². The summed E-state index contributed by atoms with van der Waals surface area (Å²) < 4.78 is 1.08. The number of nitrogens with zero attached hydrogens (tertiary/aromatic N) is 1. The molecule has 3 heteroatoms. The van der Waals surface area contributed by atoms with Gasteiger partial charge in [0.05, 0.1) is 10.2 Å². The van der Waals surface area contributed by atoms with Crippen LogP contribution in [0.2, 0.25) is 0 Å². The molecule has 0 bridgehead atoms. The van der Waals surface area contributed by atoms with Crippen molar-refractivity contribution in [1.82, 2.24) is 4.98 Å². The number of thiazole rings is 1. The molecule has 0 unspecified atom stereocenters. The first-order chi connectivity index (χ1) is 7.24. The highest BCUT2D eigenvalue weighted by molar-refractivity contribution is 7.20. The van der Waals surface area contributed by atoms with Gasteiger partial charge < -0.3 is 5.11 Å². The minimum Gasteiger partial charge on any atom is -0.486 e. The van der Waals surface area contributed by atoms with E-state index in [2.05, 4.69) is 31.0 Å². The zero-order chi connectivity index (χ0) is 10.8. The average molecular weight is 221 g/mol. The van der Waals surface area contributed by atoms with Crippen LogP contribution >= 0.6 is 11.3 Å². The van der Waals surface area contributed by atoms with E-state index < -0.39 is 0 Å². The Labute approximate surface area is 93.6 Å². The fourth-order valence-electron chi connectivity index (χ4n) is 1.94. The molecule has 1 aromatic carbocycles. The molecule has 80 valence electrons. The summed E-state index contributed by atoms with van der Waals surface area (Å²) in [7, 11) is 0. The van der Waals surface area contributed by atoms with Crippen LogP contribution in [0.25, 0.3) is 10.2 Å². The van der Waals surface area contributed by atoms with Gasteiger partial charge in [-0.05, 0) is 36.5 Å². The number of rotatable bonds is 3. The van der Waals surface area contributed by atoms with Gasteiger partial charge in [-0.3, -0.25) is 0 Å². The highest BCUT2D eigenvalue weighted by Crippen LogP contribution is 2.31. The summed E-state index contributed by atoms with van der Waals surface area (Å²) >= 11 is 1.35. The standard InChI is InChI=1S/C12H15NOS/c1-3-8(4-2)9-5-6-10-11(7-9)15-12(14)13-10/h5-8H,3-4H2,1-2H3,(H,13,14). The van der Waals surface area contributed by atoms with E-state index >= 15 is 0 Å². The topological polar surface area (TPSA) is 33.1 Å². The van der Waals surface area contributed by atoms with E-state index in [1.807, 2.05) is 6.07 Å². The number of aromatic nitrogens is 1. The molecule has 0 amide bonds. The predicted octanol–water partition coefficient (Wildman–Crippen LogP) is 3.91. The highest BCUT2D eigenvalue weighted by atomic mass is 32.1. The van der Waals surface area contributed by atoms with E-state index in [9.17, 15) is 5.11 Å². The van der Waals surface area contributed by atoms with Crippen LogP contribution < -0.4 is 0 Å². The smallest absolute Gasteiger partial charge is 0.271 e. The largest absolute Gasteiger partial charge is 0.486 e. The third-order valence-electron chi connectivity index (χ3n) is 2.86. The number of fused-ring (bicyclic) bond motifs is 1. The molecule has 0 saturated carbocycles. The maximum Gasteiger partial charge on any atom is 0.271 e. The lowest BCUT2D eigenvalue weighted by Crippen LogP contribution is -1.94. The second-order valence-electron chi connectivity index (χ2n) is 3.74. The first-order valence-corrected chi connectivity index (χ1v) is 6.15. The first kappa shape index (κ1) is 10.4. The summed E-state index contributed by atoms with van der Waals surface area (Å²) in [6, 6.07) is 6.28. The summed E-state index contributed by atoms with van der Waals surface area (Å²) in [5, 5.41) is 9.47. The minimum atomic E-state index is 0.159. The van der Waals surface area contributed by atoms with Crippen LogP contribution in [0.5, 0.6) is 5.19 Å². The Morgan fingerprint density at radius 2 is 2.07 bits per heavy atom. The summed E-state index contributed by atoms with van der Waals surface area (Å²) in [6.45, 7) is 4.42. The van der Waals surface area contributed by atoms with Gasteiger partial charge in [0.1, 0.15) is 0 Å². The van der Waals surface area contributed by atoms with Gasteiger partial charge >= 0.3 is 0 Å². The normalized spacial score (nSPS) is 11.4. The fourth-order valence-corrected chi connectivity index (χ4v) is 2.70. The molecule has 1 N–H and O–H groups in total. The summed E-state index contributed by atoms with van der Waals surface area (Å²) in [5.74, 6) is 0.624. The zero-order valence-corrected chi connectivity index (χ0v) is 9.84. The predicted molar refractivity (Wildman–Crippen MR) is 64.6 cm³/mol. The molecule has 0 atom stereocenters. The van der Waals surface area contributed by atoms with Gasteiger partial charge in [-0.1, -0.05) is 31.3 Å². The molecule has 0 aliphatic rings. The van der Waals surface area contributed by atoms with Crippen molar-refractivity contribution in [1.29, 1.82) is 0 Å². The van der Waals surface area contributed by atoms with Crippen LogP contribution in [0.15, 0.2) is 18.2 Å². The van der Waals surface area contributed by atoms with E-state index in [4.69, 9.17) is 0 Å². The molecular formula is C12H15NOS. The SMILES string of the molecule is CCC(CC)c1ccc2nc(O)sc2c1. The summed E-state index contributed by atoms with van der Waals surface area (Å²) in [6.07, 6.45) is 2.32. The fraction of sp³-hybridized carbons (Fsp3) is 0.417. The van der Waals surface area contributed by atoms with Crippen molar-refractivity contribution in [2.75, 3.05) is 0 Å². The molecule has 2 aromatic rings. The van der Waals surface area contributed by atoms with Crippen molar-refractivity contribution in [3.8, 4) is 5.19 Å². The molecule has 0 fully saturated rings. The van der Waals surface area contributed by atoms with Crippen molar-refractivity contribution >= 4 is 21.6 Å². The molecule has 0 saturated heterocycles. The van der Waals surface area contributed by atoms with Crippen LogP contribution in [-0.2, 0) is 0 Å². The van der Waals surface area contributed by atoms with Crippen LogP contribution in [-0.4, -0.2) is 10.1 Å². The van der Waals surface area contributed by atoms with Crippen molar-refractivity contribution in [2.45, 2.75) is 32.6 Å². The molecule has 2 nitrogen and oxygen atoms in total. The van der Waals surface area contributed by atoms with Crippen molar-refractivity contribution in [2.24, 2.45) is 0 Å². The minimum absolute atomic E-state index is 0.159. The number of hydrogen-bond donors (Lipinski definition) is 1. The van der Waals surface area contributed by atoms with E-state index in [0.29, 0.717) is 5.92 Å². The van der Waals surface area contributed by atoms with Crippen LogP contribution in [0.3, 0.4) is 0 Å². The number of hydrogen-bond acceptors (Lipinski definition) is 3. The third kappa shape index (κ3) is 1.97. The molecule has 1 aromatic heterocycles. The lowest BCUT2D eigenvalue weighted by Gasteiger charge is -2.11. The lowest BCUT2D eigenvalue weighted by atomic mass is 9.94. The zero-order valence-electron chi connectivity index (χ0n) is 9.03. The number of aromatic hydroxyl groups is 1. The van der Waals surface area contributed by atoms with Crippen molar-refractivity contribution < 1.29 is 5.11 Å². The van der Waals surface area contributed by atoms with Gasteiger partial charge in [0, 0.05) is 0 Å². The van der Waals surface area contributed by atoms with Crippen molar-refractivity contribution in [3.63, 3.8) is 0 Å². The molecule has 15 heavy (non-hydrogen) atoms. The van der Waals surface area contributed by atoms with Gasteiger partial charge in [-0.15, -0.1) is 0 Å². The molecule has 0 aliphatic heterocycles. The Balaban J connectivity index is 2.45.